The molecule has 0 saturated carbocycles. The van der Waals surface area contributed by atoms with E-state index in [1.807, 2.05) is 25.7 Å². The Hall–Kier alpha value is -1.37. The van der Waals surface area contributed by atoms with Crippen LogP contribution in [0, 0.1) is 5.41 Å². The third-order valence-electron chi connectivity index (χ3n) is 2.80. The highest BCUT2D eigenvalue weighted by Crippen LogP contribution is 2.30. The molecular formula is C13H24N4O2. The Balaban J connectivity index is 2.63. The molecule has 6 nitrogen and oxygen atoms in total. The molecule has 108 valence electrons. The van der Waals surface area contributed by atoms with Crippen LogP contribution in [-0.4, -0.2) is 47.4 Å². The van der Waals surface area contributed by atoms with E-state index < -0.39 is 0 Å². The zero-order valence-corrected chi connectivity index (χ0v) is 12.1. The first-order valence-electron chi connectivity index (χ1n) is 6.29. The van der Waals surface area contributed by atoms with Crippen molar-refractivity contribution in [1.82, 2.24) is 15.4 Å². The summed E-state index contributed by atoms with van der Waals surface area (Å²) in [6.07, 6.45) is 6.13. The van der Waals surface area contributed by atoms with Gasteiger partial charge >= 0.3 is 0 Å². The summed E-state index contributed by atoms with van der Waals surface area (Å²) in [7, 11) is 4.09. The van der Waals surface area contributed by atoms with Gasteiger partial charge in [-0.3, -0.25) is 15.9 Å². The highest BCUT2D eigenvalue weighted by atomic mass is 16.5. The molecule has 1 heterocycles. The van der Waals surface area contributed by atoms with Gasteiger partial charge in [0.25, 0.3) is 0 Å². The molecule has 1 rings (SSSR count). The Kier molecular flexibility index (Phi) is 5.53. The van der Waals surface area contributed by atoms with Crippen molar-refractivity contribution < 1.29 is 10.4 Å². The number of hydrogen-bond acceptors (Lipinski definition) is 5. The molecule has 0 atom stereocenters. The van der Waals surface area contributed by atoms with Gasteiger partial charge in [0.1, 0.15) is 6.34 Å². The predicted molar refractivity (Wildman–Crippen MR) is 74.8 cm³/mol. The van der Waals surface area contributed by atoms with E-state index in [-0.39, 0.29) is 5.41 Å². The number of hydrogen-bond donors (Lipinski definition) is 3. The quantitative estimate of drug-likeness (QED) is 0.389. The van der Waals surface area contributed by atoms with E-state index in [1.54, 1.807) is 6.20 Å². The Morgan fingerprint density at radius 1 is 1.53 bits per heavy atom. The third kappa shape index (κ3) is 5.42. The molecule has 19 heavy (non-hydrogen) atoms. The van der Waals surface area contributed by atoms with Crippen LogP contribution < -0.4 is 5.48 Å². The van der Waals surface area contributed by atoms with Gasteiger partial charge in [0.15, 0.2) is 0 Å². The smallest absolute Gasteiger partial charge is 0.112 e. The summed E-state index contributed by atoms with van der Waals surface area (Å²) in [5, 5.41) is 19.5. The molecule has 0 spiro atoms. The van der Waals surface area contributed by atoms with Gasteiger partial charge in [0.05, 0.1) is 11.9 Å². The van der Waals surface area contributed by atoms with E-state index in [4.69, 9.17) is 5.21 Å². The number of nitrogens with zero attached hydrogens (tertiary/aromatic N) is 3. The van der Waals surface area contributed by atoms with Crippen molar-refractivity contribution in [2.45, 2.75) is 26.7 Å². The van der Waals surface area contributed by atoms with Crippen molar-refractivity contribution >= 4 is 6.34 Å². The maximum absolute atomic E-state index is 9.95. The minimum absolute atomic E-state index is 0.0809. The minimum Gasteiger partial charge on any atom is -0.309 e. The Morgan fingerprint density at radius 2 is 2.21 bits per heavy atom. The number of aliphatic imine (C=N–C) groups is 1. The fraction of sp³-hybridized carbons (Fsp3) is 0.615. The summed E-state index contributed by atoms with van der Waals surface area (Å²) in [6, 6.07) is 0. The summed E-state index contributed by atoms with van der Waals surface area (Å²) in [6.45, 7) is 5.30. The molecule has 1 aliphatic heterocycles. The zero-order valence-electron chi connectivity index (χ0n) is 12.1. The van der Waals surface area contributed by atoms with Gasteiger partial charge in [0.2, 0.25) is 0 Å². The first-order valence-corrected chi connectivity index (χ1v) is 6.29. The molecule has 0 aromatic rings. The summed E-state index contributed by atoms with van der Waals surface area (Å²) in [5.74, 6) is 0. The number of hydroxylamine groups is 3. The first kappa shape index (κ1) is 15.7. The Morgan fingerprint density at radius 3 is 2.74 bits per heavy atom. The van der Waals surface area contributed by atoms with Gasteiger partial charge < -0.3 is 4.90 Å². The predicted octanol–water partition coefficient (Wildman–Crippen LogP) is 1.79. The Labute approximate surface area is 114 Å². The molecule has 0 saturated heterocycles. The molecule has 0 unspecified atom stereocenters. The lowest BCUT2D eigenvalue weighted by Gasteiger charge is -2.32. The van der Waals surface area contributed by atoms with E-state index in [1.165, 1.54) is 6.34 Å². The summed E-state index contributed by atoms with van der Waals surface area (Å²) in [5.41, 5.74) is 3.48. The molecule has 0 aromatic carbocycles. The monoisotopic (exact) mass is 268 g/mol. The molecule has 0 radical (unpaired) electrons. The van der Waals surface area contributed by atoms with Gasteiger partial charge in [0, 0.05) is 18.7 Å². The van der Waals surface area contributed by atoms with Crippen molar-refractivity contribution in [2.24, 2.45) is 10.4 Å². The highest BCUT2D eigenvalue weighted by molar-refractivity contribution is 5.54. The normalized spacial score (nSPS) is 16.9. The average Bonchev–Trinajstić information content (AvgIpc) is 2.27. The lowest BCUT2D eigenvalue weighted by Crippen LogP contribution is -2.31. The van der Waals surface area contributed by atoms with Crippen LogP contribution in [0.15, 0.2) is 28.7 Å². The highest BCUT2D eigenvalue weighted by Gasteiger charge is 2.24. The van der Waals surface area contributed by atoms with Gasteiger partial charge in [-0.15, -0.1) is 0 Å². The lowest BCUT2D eigenvalue weighted by molar-refractivity contribution is -0.0167. The molecule has 1 aliphatic rings. The molecule has 0 bridgehead atoms. The molecule has 0 aromatic heterocycles. The second-order valence-corrected chi connectivity index (χ2v) is 5.83. The van der Waals surface area contributed by atoms with E-state index in [9.17, 15) is 5.21 Å². The maximum Gasteiger partial charge on any atom is 0.112 e. The van der Waals surface area contributed by atoms with Crippen molar-refractivity contribution in [1.29, 1.82) is 0 Å². The van der Waals surface area contributed by atoms with Gasteiger partial charge in [-0.05, 0) is 25.9 Å². The van der Waals surface area contributed by atoms with Gasteiger partial charge in [-0.1, -0.05) is 19.9 Å². The molecule has 0 amide bonds. The van der Waals surface area contributed by atoms with Crippen molar-refractivity contribution in [3.63, 3.8) is 0 Å². The standard InChI is InChI=1S/C13H24N4O2/c1-13(2,9-16(3)4)7-12-6-5-11(8-17(12)19)14-10-15-18/h6,8,10,18-19H,5,7,9H2,1-4H3,(H,14,15). The molecule has 0 aliphatic carbocycles. The van der Waals surface area contributed by atoms with Crippen LogP contribution >= 0.6 is 0 Å². The van der Waals surface area contributed by atoms with Crippen molar-refractivity contribution in [3.05, 3.63) is 23.7 Å². The second kappa shape index (κ2) is 6.70. The summed E-state index contributed by atoms with van der Waals surface area (Å²) < 4.78 is 0. The van der Waals surface area contributed by atoms with Crippen LogP contribution in [0.25, 0.3) is 0 Å². The number of rotatable bonds is 6. The first-order chi connectivity index (χ1) is 8.84. The average molecular weight is 268 g/mol. The van der Waals surface area contributed by atoms with Crippen LogP contribution in [0.1, 0.15) is 26.7 Å². The fourth-order valence-corrected chi connectivity index (χ4v) is 2.35. The lowest BCUT2D eigenvalue weighted by atomic mass is 9.86. The van der Waals surface area contributed by atoms with Gasteiger partial charge in [-0.25, -0.2) is 10.1 Å². The molecule has 0 fully saturated rings. The van der Waals surface area contributed by atoms with Crippen LogP contribution in [0.4, 0.5) is 0 Å². The zero-order chi connectivity index (χ0) is 14.5. The minimum atomic E-state index is 0.0809. The van der Waals surface area contributed by atoms with Crippen LogP contribution in [0.5, 0.6) is 0 Å². The number of allylic oxidation sites excluding steroid dienone is 2. The molecular weight excluding hydrogens is 244 g/mol. The number of nitrogens with one attached hydrogen (secondary N) is 1. The van der Waals surface area contributed by atoms with Crippen molar-refractivity contribution in [3.8, 4) is 0 Å². The SMILES string of the molecule is CN(C)CC(C)(C)CC1=CCC(N=CNO)=CN1O. The van der Waals surface area contributed by atoms with E-state index >= 15 is 0 Å². The maximum atomic E-state index is 9.95. The largest absolute Gasteiger partial charge is 0.309 e. The van der Waals surface area contributed by atoms with E-state index in [0.29, 0.717) is 12.1 Å². The molecule has 6 heteroatoms. The van der Waals surface area contributed by atoms with E-state index in [2.05, 4.69) is 23.7 Å². The third-order valence-corrected chi connectivity index (χ3v) is 2.80. The van der Waals surface area contributed by atoms with Gasteiger partial charge in [-0.2, -0.15) is 0 Å². The summed E-state index contributed by atoms with van der Waals surface area (Å²) >= 11 is 0. The van der Waals surface area contributed by atoms with E-state index in [0.717, 1.165) is 23.7 Å². The Bertz CT molecular complexity index is 386. The topological polar surface area (TPSA) is 71.3 Å². The fourth-order valence-electron chi connectivity index (χ4n) is 2.35. The second-order valence-electron chi connectivity index (χ2n) is 5.83. The van der Waals surface area contributed by atoms with Crippen LogP contribution in [0.2, 0.25) is 0 Å². The molecule has 3 N–H and O–H groups in total. The van der Waals surface area contributed by atoms with Crippen LogP contribution in [-0.2, 0) is 0 Å². The van der Waals surface area contributed by atoms with Crippen LogP contribution in [0.3, 0.4) is 0 Å². The summed E-state index contributed by atoms with van der Waals surface area (Å²) in [4.78, 5) is 6.09. The van der Waals surface area contributed by atoms with Crippen molar-refractivity contribution in [2.75, 3.05) is 20.6 Å².